The van der Waals surface area contributed by atoms with Crippen molar-refractivity contribution in [3.63, 3.8) is 0 Å². The Labute approximate surface area is 135 Å². The number of benzene rings is 1. The van der Waals surface area contributed by atoms with E-state index in [0.717, 1.165) is 12.1 Å². The highest BCUT2D eigenvalue weighted by Gasteiger charge is 2.21. The Balaban J connectivity index is 1.70. The summed E-state index contributed by atoms with van der Waals surface area (Å²) in [6, 6.07) is 1.19. The number of carbonyl (C=O) groups excluding carboxylic acids is 1. The molecule has 0 saturated heterocycles. The van der Waals surface area contributed by atoms with Crippen molar-refractivity contribution >= 4 is 5.91 Å². The third kappa shape index (κ3) is 3.24. The van der Waals surface area contributed by atoms with Gasteiger partial charge in [0.15, 0.2) is 17.5 Å². The number of carbonyl (C=O) groups is 1. The zero-order chi connectivity index (χ0) is 17.3. The molecule has 6 nitrogen and oxygen atoms in total. The molecule has 1 amide bonds. The Bertz CT molecular complexity index is 817. The molecule has 1 aliphatic rings. The van der Waals surface area contributed by atoms with E-state index in [2.05, 4.69) is 10.2 Å². The Morgan fingerprint density at radius 1 is 1.21 bits per heavy atom. The number of allylic oxidation sites excluding steroid dienone is 1. The van der Waals surface area contributed by atoms with Gasteiger partial charge < -0.3 is 15.2 Å². The number of amides is 1. The van der Waals surface area contributed by atoms with Gasteiger partial charge in [0.1, 0.15) is 12.1 Å². The van der Waals surface area contributed by atoms with Gasteiger partial charge in [-0.05, 0) is 11.6 Å². The third-order valence-corrected chi connectivity index (χ3v) is 3.74. The molecule has 3 rings (SSSR count). The van der Waals surface area contributed by atoms with Crippen LogP contribution in [0.15, 0.2) is 30.2 Å². The predicted molar refractivity (Wildman–Crippen MR) is 77.7 cm³/mol. The molecule has 0 spiro atoms. The number of fused-ring (bicyclic) bond motifs is 1. The van der Waals surface area contributed by atoms with Crippen LogP contribution in [0.4, 0.5) is 13.2 Å². The van der Waals surface area contributed by atoms with Crippen LogP contribution in [0.2, 0.25) is 0 Å². The molecule has 2 aromatic rings. The molecule has 24 heavy (non-hydrogen) atoms. The first-order valence-electron chi connectivity index (χ1n) is 7.19. The minimum atomic E-state index is -1.27. The molecule has 1 aromatic carbocycles. The molecule has 0 bridgehead atoms. The molecule has 0 saturated carbocycles. The monoisotopic (exact) mass is 337 g/mol. The Morgan fingerprint density at radius 2 is 1.96 bits per heavy atom. The fourth-order valence-electron chi connectivity index (χ4n) is 2.47. The molecule has 0 aliphatic carbocycles. The lowest BCUT2D eigenvalue weighted by atomic mass is 10.1. The van der Waals surface area contributed by atoms with Gasteiger partial charge in [0.05, 0.1) is 6.54 Å². The number of halogens is 3. The lowest BCUT2D eigenvalue weighted by Gasteiger charge is -2.26. The topological polar surface area (TPSA) is 77.0 Å². The minimum Gasteiger partial charge on any atom is -0.402 e. The van der Waals surface area contributed by atoms with Crippen LogP contribution >= 0.6 is 0 Å². The first-order chi connectivity index (χ1) is 11.4. The third-order valence-electron chi connectivity index (χ3n) is 3.74. The van der Waals surface area contributed by atoms with Crippen LogP contribution in [0.3, 0.4) is 0 Å². The van der Waals surface area contributed by atoms with Crippen molar-refractivity contribution in [3.05, 3.63) is 59.1 Å². The summed E-state index contributed by atoms with van der Waals surface area (Å²) in [5.74, 6) is -3.05. The summed E-state index contributed by atoms with van der Waals surface area (Å²) in [6.45, 7) is 1.33. The molecular formula is C15H14F3N5O. The summed E-state index contributed by atoms with van der Waals surface area (Å²) in [4.78, 5) is 13.7. The van der Waals surface area contributed by atoms with Crippen molar-refractivity contribution in [2.75, 3.05) is 6.54 Å². The van der Waals surface area contributed by atoms with E-state index in [0.29, 0.717) is 31.5 Å². The van der Waals surface area contributed by atoms with Crippen molar-refractivity contribution in [1.82, 2.24) is 19.7 Å². The Kier molecular flexibility index (Phi) is 4.24. The molecule has 126 valence electrons. The number of nitrogens with zero attached hydrogens (tertiary/aromatic N) is 4. The number of hydrogen-bond acceptors (Lipinski definition) is 4. The number of hydrogen-bond donors (Lipinski definition) is 1. The molecule has 9 heteroatoms. The maximum absolute atomic E-state index is 13.6. The molecule has 1 aromatic heterocycles. The van der Waals surface area contributed by atoms with Gasteiger partial charge in [-0.15, -0.1) is 10.2 Å². The summed E-state index contributed by atoms with van der Waals surface area (Å²) < 4.78 is 41.5. The summed E-state index contributed by atoms with van der Waals surface area (Å²) in [7, 11) is 0. The lowest BCUT2D eigenvalue weighted by molar-refractivity contribution is -0.127. The second kappa shape index (κ2) is 6.34. The standard InChI is InChI=1S/C15H14F3N5O/c16-11-6-13(18)12(17)4-9(11)3-10(19)5-15(24)22-1-2-23-8-20-21-14(23)7-22/h4-6,8H,1-3,7,19H2/b10-5-. The van der Waals surface area contributed by atoms with E-state index in [1.54, 1.807) is 6.33 Å². The molecule has 2 N–H and O–H groups in total. The number of aromatic nitrogens is 3. The Morgan fingerprint density at radius 3 is 2.75 bits per heavy atom. The smallest absolute Gasteiger partial charge is 0.248 e. The number of rotatable bonds is 3. The van der Waals surface area contributed by atoms with E-state index < -0.39 is 17.5 Å². The van der Waals surface area contributed by atoms with Crippen LogP contribution in [-0.4, -0.2) is 32.1 Å². The van der Waals surface area contributed by atoms with Crippen molar-refractivity contribution in [1.29, 1.82) is 0 Å². The molecule has 2 heterocycles. The van der Waals surface area contributed by atoms with Crippen molar-refractivity contribution in [2.45, 2.75) is 19.5 Å². The maximum atomic E-state index is 13.6. The van der Waals surface area contributed by atoms with Crippen LogP contribution in [-0.2, 0) is 24.3 Å². The van der Waals surface area contributed by atoms with Crippen molar-refractivity contribution in [2.24, 2.45) is 5.73 Å². The van der Waals surface area contributed by atoms with Gasteiger partial charge >= 0.3 is 0 Å². The van der Waals surface area contributed by atoms with E-state index >= 15 is 0 Å². The van der Waals surface area contributed by atoms with Crippen LogP contribution in [0.25, 0.3) is 0 Å². The van der Waals surface area contributed by atoms with Crippen molar-refractivity contribution < 1.29 is 18.0 Å². The summed E-state index contributed by atoms with van der Waals surface area (Å²) in [5.41, 5.74) is 5.68. The minimum absolute atomic E-state index is 0.0527. The molecule has 1 aliphatic heterocycles. The fraction of sp³-hybridized carbons (Fsp3) is 0.267. The zero-order valence-corrected chi connectivity index (χ0v) is 12.5. The first-order valence-corrected chi connectivity index (χ1v) is 7.19. The second-order valence-corrected chi connectivity index (χ2v) is 5.45. The van der Waals surface area contributed by atoms with E-state index in [-0.39, 0.29) is 23.6 Å². The van der Waals surface area contributed by atoms with E-state index in [4.69, 9.17) is 5.73 Å². The maximum Gasteiger partial charge on any atom is 0.248 e. The molecule has 0 unspecified atom stereocenters. The number of nitrogens with two attached hydrogens (primary N) is 1. The highest BCUT2D eigenvalue weighted by Crippen LogP contribution is 2.16. The van der Waals surface area contributed by atoms with Crippen LogP contribution in [0.1, 0.15) is 11.4 Å². The summed E-state index contributed by atoms with van der Waals surface area (Å²) >= 11 is 0. The van der Waals surface area contributed by atoms with Gasteiger partial charge in [-0.1, -0.05) is 0 Å². The van der Waals surface area contributed by atoms with Crippen LogP contribution in [0, 0.1) is 17.5 Å². The second-order valence-electron chi connectivity index (χ2n) is 5.45. The van der Waals surface area contributed by atoms with Crippen LogP contribution < -0.4 is 5.73 Å². The van der Waals surface area contributed by atoms with Crippen LogP contribution in [0.5, 0.6) is 0 Å². The quantitative estimate of drug-likeness (QED) is 0.673. The fourth-order valence-corrected chi connectivity index (χ4v) is 2.47. The van der Waals surface area contributed by atoms with Gasteiger partial charge in [-0.2, -0.15) is 0 Å². The van der Waals surface area contributed by atoms with Gasteiger partial charge in [-0.3, -0.25) is 4.79 Å². The summed E-state index contributed by atoms with van der Waals surface area (Å²) in [5, 5.41) is 7.67. The van der Waals surface area contributed by atoms with Gasteiger partial charge in [-0.25, -0.2) is 13.2 Å². The highest BCUT2D eigenvalue weighted by atomic mass is 19.2. The Hall–Kier alpha value is -2.84. The molecule has 0 radical (unpaired) electrons. The average Bonchev–Trinajstić information content (AvgIpc) is 3.00. The summed E-state index contributed by atoms with van der Waals surface area (Å²) in [6.07, 6.45) is 2.55. The predicted octanol–water partition coefficient (Wildman–Crippen LogP) is 1.12. The molecule has 0 atom stereocenters. The van der Waals surface area contributed by atoms with Crippen molar-refractivity contribution in [3.8, 4) is 0 Å². The normalized spacial score (nSPS) is 14.6. The van der Waals surface area contributed by atoms with E-state index in [1.165, 1.54) is 4.90 Å². The van der Waals surface area contributed by atoms with Gasteiger partial charge in [0.2, 0.25) is 5.91 Å². The lowest BCUT2D eigenvalue weighted by Crippen LogP contribution is -2.37. The molecule has 0 fully saturated rings. The van der Waals surface area contributed by atoms with E-state index in [9.17, 15) is 18.0 Å². The highest BCUT2D eigenvalue weighted by molar-refractivity contribution is 5.88. The SMILES string of the molecule is N/C(=C\C(=O)N1CCn2cnnc2C1)Cc1cc(F)c(F)cc1F. The van der Waals surface area contributed by atoms with E-state index in [1.807, 2.05) is 4.57 Å². The molecular weight excluding hydrogens is 323 g/mol. The largest absolute Gasteiger partial charge is 0.402 e. The average molecular weight is 337 g/mol. The zero-order valence-electron chi connectivity index (χ0n) is 12.5. The first kappa shape index (κ1) is 16.0. The van der Waals surface area contributed by atoms with Gasteiger partial charge in [0.25, 0.3) is 0 Å². The van der Waals surface area contributed by atoms with Gasteiger partial charge in [0, 0.05) is 37.3 Å².